The summed E-state index contributed by atoms with van der Waals surface area (Å²) < 4.78 is 1.87. The van der Waals surface area contributed by atoms with Crippen LogP contribution in [0.2, 0.25) is 0 Å². The standard InChI is InChI=1S/C16H18N4/c1-3-14-13-17-18(2)16(14)20-11-9-19(10-12-20)15-7-5-4-6-8-15/h1,4-8,13H,9-12H2,2H3. The van der Waals surface area contributed by atoms with Gasteiger partial charge in [0.1, 0.15) is 5.82 Å². The second kappa shape index (κ2) is 5.30. The number of hydrogen-bond donors (Lipinski definition) is 0. The molecule has 0 unspecified atom stereocenters. The van der Waals surface area contributed by atoms with Gasteiger partial charge in [-0.3, -0.25) is 4.68 Å². The highest BCUT2D eigenvalue weighted by Gasteiger charge is 2.21. The Hall–Kier alpha value is -2.41. The molecule has 0 radical (unpaired) electrons. The van der Waals surface area contributed by atoms with E-state index in [0.717, 1.165) is 37.6 Å². The Bertz CT molecular complexity index is 616. The zero-order valence-electron chi connectivity index (χ0n) is 11.7. The normalized spacial score (nSPS) is 15.2. The summed E-state index contributed by atoms with van der Waals surface area (Å²) >= 11 is 0. The molecule has 1 aromatic heterocycles. The summed E-state index contributed by atoms with van der Waals surface area (Å²) in [6.45, 7) is 3.92. The summed E-state index contributed by atoms with van der Waals surface area (Å²) in [5.41, 5.74) is 2.16. The van der Waals surface area contributed by atoms with Gasteiger partial charge in [-0.25, -0.2) is 0 Å². The van der Waals surface area contributed by atoms with Gasteiger partial charge in [0.25, 0.3) is 0 Å². The molecule has 3 rings (SSSR count). The first-order valence-corrected chi connectivity index (χ1v) is 6.83. The fourth-order valence-electron chi connectivity index (χ4n) is 2.72. The lowest BCUT2D eigenvalue weighted by atomic mass is 10.2. The van der Waals surface area contributed by atoms with Crippen LogP contribution in [0.15, 0.2) is 36.5 Å². The summed E-state index contributed by atoms with van der Waals surface area (Å²) in [7, 11) is 1.94. The molecule has 1 aliphatic rings. The molecule has 4 nitrogen and oxygen atoms in total. The maximum absolute atomic E-state index is 5.55. The van der Waals surface area contributed by atoms with Crippen molar-refractivity contribution in [2.45, 2.75) is 0 Å². The molecule has 1 aliphatic heterocycles. The molecule has 0 aliphatic carbocycles. The van der Waals surface area contributed by atoms with Gasteiger partial charge >= 0.3 is 0 Å². The summed E-state index contributed by atoms with van der Waals surface area (Å²) in [6, 6.07) is 10.5. The van der Waals surface area contributed by atoms with E-state index >= 15 is 0 Å². The van der Waals surface area contributed by atoms with E-state index in [-0.39, 0.29) is 0 Å². The lowest BCUT2D eigenvalue weighted by Gasteiger charge is -2.37. The highest BCUT2D eigenvalue weighted by atomic mass is 15.4. The second-order valence-electron chi connectivity index (χ2n) is 4.96. The first kappa shape index (κ1) is 12.6. The molecule has 0 saturated carbocycles. The van der Waals surface area contributed by atoms with Crippen molar-refractivity contribution < 1.29 is 0 Å². The molecule has 1 aromatic carbocycles. The molecule has 2 aromatic rings. The third-order valence-corrected chi connectivity index (χ3v) is 3.76. The zero-order chi connectivity index (χ0) is 13.9. The highest BCUT2D eigenvalue weighted by Crippen LogP contribution is 2.22. The van der Waals surface area contributed by atoms with Crippen LogP contribution in [-0.2, 0) is 7.05 Å². The van der Waals surface area contributed by atoms with Crippen LogP contribution in [0.3, 0.4) is 0 Å². The highest BCUT2D eigenvalue weighted by molar-refractivity contribution is 5.56. The van der Waals surface area contributed by atoms with Gasteiger partial charge in [0.05, 0.1) is 11.8 Å². The van der Waals surface area contributed by atoms with E-state index in [0.29, 0.717) is 0 Å². The van der Waals surface area contributed by atoms with Crippen LogP contribution in [0, 0.1) is 12.3 Å². The fraction of sp³-hybridized carbons (Fsp3) is 0.312. The average molecular weight is 266 g/mol. The number of rotatable bonds is 2. The Labute approximate surface area is 119 Å². The molecule has 0 bridgehead atoms. The predicted molar refractivity (Wildman–Crippen MR) is 82.0 cm³/mol. The summed E-state index contributed by atoms with van der Waals surface area (Å²) in [5.74, 6) is 3.77. The average Bonchev–Trinajstić information content (AvgIpc) is 2.89. The van der Waals surface area contributed by atoms with Gasteiger partial charge in [-0.05, 0) is 12.1 Å². The minimum absolute atomic E-state index is 0.876. The maximum Gasteiger partial charge on any atom is 0.142 e. The number of piperazine rings is 1. The van der Waals surface area contributed by atoms with E-state index in [1.165, 1.54) is 5.69 Å². The Kier molecular flexibility index (Phi) is 3.34. The molecule has 1 fully saturated rings. The van der Waals surface area contributed by atoms with Crippen molar-refractivity contribution in [1.29, 1.82) is 0 Å². The number of nitrogens with zero attached hydrogens (tertiary/aromatic N) is 4. The number of benzene rings is 1. The summed E-state index contributed by atoms with van der Waals surface area (Å²) in [5, 5.41) is 4.26. The van der Waals surface area contributed by atoms with Gasteiger partial charge in [-0.1, -0.05) is 24.1 Å². The monoisotopic (exact) mass is 266 g/mol. The molecular formula is C16H18N4. The van der Waals surface area contributed by atoms with Crippen molar-refractivity contribution in [2.75, 3.05) is 36.0 Å². The lowest BCUT2D eigenvalue weighted by molar-refractivity contribution is 0.624. The van der Waals surface area contributed by atoms with Crippen molar-refractivity contribution in [2.24, 2.45) is 7.05 Å². The van der Waals surface area contributed by atoms with E-state index in [2.05, 4.69) is 51.2 Å². The first-order valence-electron chi connectivity index (χ1n) is 6.83. The number of para-hydroxylation sites is 1. The minimum atomic E-state index is 0.876. The van der Waals surface area contributed by atoms with Crippen LogP contribution in [0.5, 0.6) is 0 Å². The number of aryl methyl sites for hydroxylation is 1. The van der Waals surface area contributed by atoms with Gasteiger partial charge in [0.2, 0.25) is 0 Å². The molecular weight excluding hydrogens is 248 g/mol. The Morgan fingerprint density at radius 3 is 2.35 bits per heavy atom. The smallest absolute Gasteiger partial charge is 0.142 e. The molecule has 1 saturated heterocycles. The van der Waals surface area contributed by atoms with Gasteiger partial charge < -0.3 is 9.80 Å². The molecule has 102 valence electrons. The lowest BCUT2D eigenvalue weighted by Crippen LogP contribution is -2.47. The third kappa shape index (κ3) is 2.23. The van der Waals surface area contributed by atoms with Crippen molar-refractivity contribution in [1.82, 2.24) is 9.78 Å². The quantitative estimate of drug-likeness (QED) is 0.774. The van der Waals surface area contributed by atoms with E-state index < -0.39 is 0 Å². The Morgan fingerprint density at radius 1 is 1.05 bits per heavy atom. The van der Waals surface area contributed by atoms with Crippen LogP contribution in [0.25, 0.3) is 0 Å². The van der Waals surface area contributed by atoms with E-state index in [4.69, 9.17) is 6.42 Å². The molecule has 0 atom stereocenters. The van der Waals surface area contributed by atoms with E-state index in [9.17, 15) is 0 Å². The fourth-order valence-corrected chi connectivity index (χ4v) is 2.72. The third-order valence-electron chi connectivity index (χ3n) is 3.76. The molecule has 0 amide bonds. The molecule has 2 heterocycles. The number of anilines is 2. The summed E-state index contributed by atoms with van der Waals surface area (Å²) in [6.07, 6.45) is 7.31. The minimum Gasteiger partial charge on any atom is -0.368 e. The number of aromatic nitrogens is 2. The molecule has 20 heavy (non-hydrogen) atoms. The largest absolute Gasteiger partial charge is 0.368 e. The topological polar surface area (TPSA) is 24.3 Å². The Balaban J connectivity index is 1.73. The first-order chi connectivity index (χ1) is 9.79. The van der Waals surface area contributed by atoms with Gasteiger partial charge in [-0.2, -0.15) is 5.10 Å². The maximum atomic E-state index is 5.55. The van der Waals surface area contributed by atoms with Gasteiger partial charge in [0, 0.05) is 38.9 Å². The summed E-state index contributed by atoms with van der Waals surface area (Å²) in [4.78, 5) is 4.73. The van der Waals surface area contributed by atoms with Crippen molar-refractivity contribution in [3.8, 4) is 12.3 Å². The van der Waals surface area contributed by atoms with E-state index in [1.54, 1.807) is 6.20 Å². The molecule has 0 N–H and O–H groups in total. The predicted octanol–water partition coefficient (Wildman–Crippen LogP) is 1.73. The van der Waals surface area contributed by atoms with Crippen LogP contribution in [0.4, 0.5) is 11.5 Å². The van der Waals surface area contributed by atoms with Gasteiger partial charge in [-0.15, -0.1) is 6.42 Å². The Morgan fingerprint density at radius 2 is 1.70 bits per heavy atom. The number of hydrogen-bond acceptors (Lipinski definition) is 3. The molecule has 0 spiro atoms. The second-order valence-corrected chi connectivity index (χ2v) is 4.96. The SMILES string of the molecule is C#Cc1cnn(C)c1N1CCN(c2ccccc2)CC1. The van der Waals surface area contributed by atoms with Crippen LogP contribution >= 0.6 is 0 Å². The van der Waals surface area contributed by atoms with Crippen molar-refractivity contribution in [3.63, 3.8) is 0 Å². The van der Waals surface area contributed by atoms with Crippen LogP contribution in [0.1, 0.15) is 5.56 Å². The van der Waals surface area contributed by atoms with Crippen LogP contribution in [-0.4, -0.2) is 36.0 Å². The van der Waals surface area contributed by atoms with E-state index in [1.807, 2.05) is 11.7 Å². The van der Waals surface area contributed by atoms with Crippen LogP contribution < -0.4 is 9.80 Å². The number of terminal acetylenes is 1. The van der Waals surface area contributed by atoms with Crippen molar-refractivity contribution >= 4 is 11.5 Å². The zero-order valence-corrected chi connectivity index (χ0v) is 11.7. The van der Waals surface area contributed by atoms with Gasteiger partial charge in [0.15, 0.2) is 0 Å². The van der Waals surface area contributed by atoms with Crippen molar-refractivity contribution in [3.05, 3.63) is 42.1 Å². The molecule has 4 heteroatoms.